The van der Waals surface area contributed by atoms with E-state index in [-0.39, 0.29) is 11.9 Å². The van der Waals surface area contributed by atoms with Crippen molar-refractivity contribution in [2.75, 3.05) is 40.4 Å². The molecule has 0 aliphatic heterocycles. The summed E-state index contributed by atoms with van der Waals surface area (Å²) in [4.78, 5) is 21.7. The predicted molar refractivity (Wildman–Crippen MR) is 77.5 cm³/mol. The maximum atomic E-state index is 10.8. The summed E-state index contributed by atoms with van der Waals surface area (Å²) in [7, 11) is 2.81. The molecule has 0 saturated carbocycles. The van der Waals surface area contributed by atoms with Crippen LogP contribution in [0.2, 0.25) is 0 Å². The van der Waals surface area contributed by atoms with E-state index in [9.17, 15) is 9.59 Å². The van der Waals surface area contributed by atoms with Gasteiger partial charge in [0.2, 0.25) is 0 Å². The van der Waals surface area contributed by atoms with Crippen molar-refractivity contribution in [3.63, 3.8) is 0 Å². The lowest BCUT2D eigenvalue weighted by Gasteiger charge is -2.05. The van der Waals surface area contributed by atoms with Gasteiger partial charge in [0.25, 0.3) is 0 Å². The number of nitrogens with one attached hydrogen (secondary N) is 2. The van der Waals surface area contributed by atoms with Crippen LogP contribution in [0.4, 0.5) is 0 Å². The molecule has 0 radical (unpaired) electrons. The number of esters is 2. The van der Waals surface area contributed by atoms with Crippen LogP contribution in [0.25, 0.3) is 0 Å². The number of ether oxygens (including phenoxy) is 2. The first kappa shape index (κ1) is 18.9. The minimum Gasteiger partial charge on any atom is -0.469 e. The summed E-state index contributed by atoms with van der Waals surface area (Å²) in [6.07, 6.45) is 5.43. The van der Waals surface area contributed by atoms with Gasteiger partial charge in [0.1, 0.15) is 0 Å². The molecule has 0 bridgehead atoms. The van der Waals surface area contributed by atoms with E-state index in [1.54, 1.807) is 0 Å². The first-order valence-corrected chi connectivity index (χ1v) is 7.25. The van der Waals surface area contributed by atoms with Crippen LogP contribution >= 0.6 is 0 Å². The van der Waals surface area contributed by atoms with Gasteiger partial charge in [-0.05, 0) is 25.9 Å². The van der Waals surface area contributed by atoms with E-state index in [0.717, 1.165) is 25.9 Å². The van der Waals surface area contributed by atoms with Gasteiger partial charge >= 0.3 is 11.9 Å². The standard InChI is InChI=1S/C14H28N2O4/c1-19-13(17)7-11-15-9-5-3-4-6-10-16-12-8-14(18)20-2/h15-16H,3-12H2,1-2H3. The predicted octanol–water partition coefficient (Wildman–Crippen LogP) is 0.852. The van der Waals surface area contributed by atoms with E-state index in [0.29, 0.717) is 25.9 Å². The molecule has 118 valence electrons. The third-order valence-electron chi connectivity index (χ3n) is 2.92. The number of methoxy groups -OCH3 is 2. The zero-order valence-electron chi connectivity index (χ0n) is 12.7. The monoisotopic (exact) mass is 288 g/mol. The van der Waals surface area contributed by atoms with Crippen LogP contribution in [0, 0.1) is 0 Å². The molecule has 6 nitrogen and oxygen atoms in total. The lowest BCUT2D eigenvalue weighted by Crippen LogP contribution is -2.20. The molecule has 0 aliphatic rings. The van der Waals surface area contributed by atoms with E-state index < -0.39 is 0 Å². The Labute approximate surface area is 121 Å². The Morgan fingerprint density at radius 3 is 1.45 bits per heavy atom. The molecule has 0 aromatic carbocycles. The van der Waals surface area contributed by atoms with Gasteiger partial charge in [-0.3, -0.25) is 9.59 Å². The summed E-state index contributed by atoms with van der Waals surface area (Å²) in [5, 5.41) is 6.43. The summed E-state index contributed by atoms with van der Waals surface area (Å²) in [5.41, 5.74) is 0. The van der Waals surface area contributed by atoms with Crippen LogP contribution in [-0.4, -0.2) is 52.3 Å². The molecule has 0 aromatic rings. The highest BCUT2D eigenvalue weighted by Crippen LogP contribution is 1.98. The van der Waals surface area contributed by atoms with E-state index in [1.165, 1.54) is 27.1 Å². The summed E-state index contributed by atoms with van der Waals surface area (Å²) < 4.78 is 9.10. The van der Waals surface area contributed by atoms with Gasteiger partial charge < -0.3 is 20.1 Å². The van der Waals surface area contributed by atoms with Crippen LogP contribution < -0.4 is 10.6 Å². The molecule has 0 aromatic heterocycles. The summed E-state index contributed by atoms with van der Waals surface area (Å²) in [6, 6.07) is 0. The minimum absolute atomic E-state index is 0.171. The van der Waals surface area contributed by atoms with Gasteiger partial charge in [0.15, 0.2) is 0 Å². The van der Waals surface area contributed by atoms with Crippen LogP contribution in [0.15, 0.2) is 0 Å². The van der Waals surface area contributed by atoms with Crippen LogP contribution in [0.5, 0.6) is 0 Å². The second-order valence-electron chi connectivity index (χ2n) is 4.57. The van der Waals surface area contributed by atoms with Crippen LogP contribution in [0.1, 0.15) is 38.5 Å². The molecule has 0 rings (SSSR count). The Morgan fingerprint density at radius 1 is 0.700 bits per heavy atom. The number of carbonyl (C=O) groups excluding carboxylic acids is 2. The average Bonchev–Trinajstić information content (AvgIpc) is 2.47. The van der Waals surface area contributed by atoms with Gasteiger partial charge in [-0.2, -0.15) is 0 Å². The molecular formula is C14H28N2O4. The minimum atomic E-state index is -0.171. The number of hydrogen-bond acceptors (Lipinski definition) is 6. The maximum absolute atomic E-state index is 10.8. The lowest BCUT2D eigenvalue weighted by molar-refractivity contribution is -0.141. The second-order valence-corrected chi connectivity index (χ2v) is 4.57. The van der Waals surface area contributed by atoms with Crippen molar-refractivity contribution in [1.82, 2.24) is 10.6 Å². The van der Waals surface area contributed by atoms with E-state index in [2.05, 4.69) is 20.1 Å². The number of rotatable bonds is 13. The van der Waals surface area contributed by atoms with Crippen molar-refractivity contribution < 1.29 is 19.1 Å². The normalized spacial score (nSPS) is 10.3. The summed E-state index contributed by atoms with van der Waals surface area (Å²) >= 11 is 0. The van der Waals surface area contributed by atoms with Crippen molar-refractivity contribution in [2.24, 2.45) is 0 Å². The zero-order chi connectivity index (χ0) is 15.1. The number of hydrogen-bond donors (Lipinski definition) is 2. The van der Waals surface area contributed by atoms with Gasteiger partial charge in [-0.15, -0.1) is 0 Å². The van der Waals surface area contributed by atoms with Gasteiger partial charge in [0.05, 0.1) is 27.1 Å². The molecule has 6 heteroatoms. The second kappa shape index (κ2) is 14.3. The van der Waals surface area contributed by atoms with Gasteiger partial charge in [-0.25, -0.2) is 0 Å². The smallest absolute Gasteiger partial charge is 0.306 e. The third kappa shape index (κ3) is 13.3. The molecule has 0 aliphatic carbocycles. The fourth-order valence-corrected chi connectivity index (χ4v) is 1.69. The third-order valence-corrected chi connectivity index (χ3v) is 2.92. The highest BCUT2D eigenvalue weighted by atomic mass is 16.5. The number of unbranched alkanes of at least 4 members (excludes halogenated alkanes) is 3. The topological polar surface area (TPSA) is 76.7 Å². The van der Waals surface area contributed by atoms with Crippen molar-refractivity contribution in [3.8, 4) is 0 Å². The van der Waals surface area contributed by atoms with Gasteiger partial charge in [-0.1, -0.05) is 12.8 Å². The van der Waals surface area contributed by atoms with E-state index in [1.807, 2.05) is 0 Å². The van der Waals surface area contributed by atoms with Crippen LogP contribution in [-0.2, 0) is 19.1 Å². The Hall–Kier alpha value is -1.14. The molecule has 2 N–H and O–H groups in total. The van der Waals surface area contributed by atoms with Gasteiger partial charge in [0, 0.05) is 13.1 Å². The van der Waals surface area contributed by atoms with E-state index in [4.69, 9.17) is 0 Å². The zero-order valence-corrected chi connectivity index (χ0v) is 12.7. The Balaban J connectivity index is 3.06. The van der Waals surface area contributed by atoms with Crippen LogP contribution in [0.3, 0.4) is 0 Å². The largest absolute Gasteiger partial charge is 0.469 e. The molecule has 20 heavy (non-hydrogen) atoms. The lowest BCUT2D eigenvalue weighted by atomic mass is 10.2. The fourth-order valence-electron chi connectivity index (χ4n) is 1.69. The molecule has 0 heterocycles. The summed E-state index contributed by atoms with van der Waals surface area (Å²) in [6.45, 7) is 3.24. The van der Waals surface area contributed by atoms with Crippen molar-refractivity contribution in [3.05, 3.63) is 0 Å². The average molecular weight is 288 g/mol. The first-order valence-electron chi connectivity index (χ1n) is 7.25. The van der Waals surface area contributed by atoms with E-state index >= 15 is 0 Å². The quantitative estimate of drug-likeness (QED) is 0.386. The Morgan fingerprint density at radius 2 is 1.10 bits per heavy atom. The fraction of sp³-hybridized carbons (Fsp3) is 0.857. The Kier molecular flexibility index (Phi) is 13.5. The molecule has 0 atom stereocenters. The molecule has 0 fully saturated rings. The number of carbonyl (C=O) groups is 2. The molecular weight excluding hydrogens is 260 g/mol. The SMILES string of the molecule is COC(=O)CCNCCCCCCNCCC(=O)OC. The first-order chi connectivity index (χ1) is 9.70. The summed E-state index contributed by atoms with van der Waals surface area (Å²) in [5.74, 6) is -0.342. The Bertz CT molecular complexity index is 234. The molecule has 0 amide bonds. The highest BCUT2D eigenvalue weighted by molar-refractivity contribution is 5.69. The molecule has 0 saturated heterocycles. The molecule has 0 spiro atoms. The maximum Gasteiger partial charge on any atom is 0.306 e. The molecule has 0 unspecified atom stereocenters. The van der Waals surface area contributed by atoms with Crippen molar-refractivity contribution in [2.45, 2.75) is 38.5 Å². The highest BCUT2D eigenvalue weighted by Gasteiger charge is 1.99. The van der Waals surface area contributed by atoms with Crippen molar-refractivity contribution >= 4 is 11.9 Å². The van der Waals surface area contributed by atoms with Crippen molar-refractivity contribution in [1.29, 1.82) is 0 Å².